The lowest BCUT2D eigenvalue weighted by Crippen LogP contribution is -2.30. The first kappa shape index (κ1) is 15.3. The van der Waals surface area contributed by atoms with Gasteiger partial charge in [0.2, 0.25) is 0 Å². The quantitative estimate of drug-likeness (QED) is 0.870. The van der Waals surface area contributed by atoms with Crippen molar-refractivity contribution in [3.05, 3.63) is 63.3 Å². The van der Waals surface area contributed by atoms with Crippen molar-refractivity contribution in [3.8, 4) is 5.75 Å². The molecular formula is C15H14BrClFNO. The van der Waals surface area contributed by atoms with E-state index < -0.39 is 0 Å². The highest BCUT2D eigenvalue weighted by Gasteiger charge is 2.09. The van der Waals surface area contributed by atoms with Crippen LogP contribution in [0.1, 0.15) is 5.56 Å². The summed E-state index contributed by atoms with van der Waals surface area (Å²) in [5, 5.41) is 0.607. The average molecular weight is 359 g/mol. The van der Waals surface area contributed by atoms with Gasteiger partial charge in [0.25, 0.3) is 0 Å². The normalized spacial score (nSPS) is 12.2. The summed E-state index contributed by atoms with van der Waals surface area (Å²) in [4.78, 5) is 0. The Kier molecular flexibility index (Phi) is 5.40. The number of halogens is 3. The zero-order chi connectivity index (χ0) is 14.5. The molecule has 0 saturated carbocycles. The lowest BCUT2D eigenvalue weighted by Gasteiger charge is -2.14. The molecule has 0 saturated heterocycles. The first-order valence-electron chi connectivity index (χ1n) is 6.12. The van der Waals surface area contributed by atoms with Crippen molar-refractivity contribution in [2.24, 2.45) is 5.73 Å². The van der Waals surface area contributed by atoms with Crippen LogP contribution in [0.15, 0.2) is 46.9 Å². The molecule has 1 unspecified atom stereocenters. The van der Waals surface area contributed by atoms with E-state index in [-0.39, 0.29) is 11.9 Å². The zero-order valence-electron chi connectivity index (χ0n) is 10.7. The van der Waals surface area contributed by atoms with Crippen LogP contribution in [0.2, 0.25) is 5.02 Å². The molecule has 0 fully saturated rings. The Morgan fingerprint density at radius 3 is 2.75 bits per heavy atom. The molecule has 0 radical (unpaired) electrons. The van der Waals surface area contributed by atoms with Gasteiger partial charge in [-0.05, 0) is 42.3 Å². The molecule has 0 aliphatic rings. The van der Waals surface area contributed by atoms with E-state index in [0.717, 1.165) is 0 Å². The van der Waals surface area contributed by atoms with Crippen LogP contribution in [-0.2, 0) is 6.42 Å². The Hall–Kier alpha value is -1.10. The van der Waals surface area contributed by atoms with Gasteiger partial charge in [-0.15, -0.1) is 0 Å². The predicted molar refractivity (Wildman–Crippen MR) is 82.7 cm³/mol. The van der Waals surface area contributed by atoms with Crippen molar-refractivity contribution in [1.29, 1.82) is 0 Å². The molecule has 2 nitrogen and oxygen atoms in total. The summed E-state index contributed by atoms with van der Waals surface area (Å²) in [7, 11) is 0. The van der Waals surface area contributed by atoms with Crippen molar-refractivity contribution in [1.82, 2.24) is 0 Å². The van der Waals surface area contributed by atoms with Crippen LogP contribution < -0.4 is 10.5 Å². The van der Waals surface area contributed by atoms with Gasteiger partial charge in [0, 0.05) is 15.5 Å². The summed E-state index contributed by atoms with van der Waals surface area (Å²) >= 11 is 9.08. The van der Waals surface area contributed by atoms with Gasteiger partial charge in [-0.2, -0.15) is 0 Å². The third-order valence-electron chi connectivity index (χ3n) is 2.76. The minimum absolute atomic E-state index is 0.266. The highest BCUT2D eigenvalue weighted by Crippen LogP contribution is 2.18. The minimum Gasteiger partial charge on any atom is -0.492 e. The second-order valence-corrected chi connectivity index (χ2v) is 5.82. The number of nitrogens with two attached hydrogens (primary N) is 1. The summed E-state index contributed by atoms with van der Waals surface area (Å²) < 4.78 is 19.9. The SMILES string of the molecule is NC(COc1cccc(Cl)c1)Cc1ccc(Br)cc1F. The molecule has 20 heavy (non-hydrogen) atoms. The molecule has 2 rings (SSSR count). The highest BCUT2D eigenvalue weighted by atomic mass is 79.9. The van der Waals surface area contributed by atoms with E-state index in [9.17, 15) is 4.39 Å². The van der Waals surface area contributed by atoms with Gasteiger partial charge in [0.05, 0.1) is 0 Å². The standard InChI is InChI=1S/C15H14BrClFNO/c16-11-5-4-10(15(18)7-11)6-13(19)9-20-14-3-1-2-12(17)8-14/h1-5,7-8,13H,6,9,19H2. The Balaban J connectivity index is 1.90. The van der Waals surface area contributed by atoms with E-state index in [0.29, 0.717) is 33.8 Å². The van der Waals surface area contributed by atoms with Crippen LogP contribution >= 0.6 is 27.5 Å². The maximum absolute atomic E-state index is 13.7. The summed E-state index contributed by atoms with van der Waals surface area (Å²) in [6, 6.07) is 11.8. The molecule has 0 amide bonds. The molecule has 0 aromatic heterocycles. The molecule has 5 heteroatoms. The van der Waals surface area contributed by atoms with Crippen LogP contribution in [0.4, 0.5) is 4.39 Å². The highest BCUT2D eigenvalue weighted by molar-refractivity contribution is 9.10. The van der Waals surface area contributed by atoms with Gasteiger partial charge in [0.1, 0.15) is 18.2 Å². The molecule has 2 N–H and O–H groups in total. The van der Waals surface area contributed by atoms with E-state index in [1.54, 1.807) is 36.4 Å². The lowest BCUT2D eigenvalue weighted by atomic mass is 10.1. The second-order valence-electron chi connectivity index (χ2n) is 4.47. The fourth-order valence-electron chi connectivity index (χ4n) is 1.79. The number of benzene rings is 2. The molecule has 2 aromatic rings. The summed E-state index contributed by atoms with van der Waals surface area (Å²) in [6.45, 7) is 0.301. The van der Waals surface area contributed by atoms with Gasteiger partial charge < -0.3 is 10.5 Å². The van der Waals surface area contributed by atoms with Gasteiger partial charge in [-0.3, -0.25) is 0 Å². The smallest absolute Gasteiger partial charge is 0.127 e. The largest absolute Gasteiger partial charge is 0.492 e. The Morgan fingerprint density at radius 1 is 1.25 bits per heavy atom. The minimum atomic E-state index is -0.287. The van der Waals surface area contributed by atoms with E-state index in [1.807, 2.05) is 0 Å². The van der Waals surface area contributed by atoms with Crippen molar-refractivity contribution in [2.75, 3.05) is 6.61 Å². The monoisotopic (exact) mass is 357 g/mol. The third kappa shape index (κ3) is 4.47. The molecule has 0 aliphatic carbocycles. The van der Waals surface area contributed by atoms with Crippen molar-refractivity contribution in [2.45, 2.75) is 12.5 Å². The van der Waals surface area contributed by atoms with E-state index >= 15 is 0 Å². The van der Waals surface area contributed by atoms with E-state index in [1.165, 1.54) is 6.07 Å². The molecule has 0 spiro atoms. The summed E-state index contributed by atoms with van der Waals surface area (Å²) in [5.74, 6) is 0.391. The Bertz CT molecular complexity index is 594. The van der Waals surface area contributed by atoms with Crippen LogP contribution in [0.5, 0.6) is 5.75 Å². The summed E-state index contributed by atoms with van der Waals surface area (Å²) in [5.41, 5.74) is 6.54. The van der Waals surface area contributed by atoms with Crippen LogP contribution in [-0.4, -0.2) is 12.6 Å². The molecule has 106 valence electrons. The van der Waals surface area contributed by atoms with Crippen molar-refractivity contribution >= 4 is 27.5 Å². The lowest BCUT2D eigenvalue weighted by molar-refractivity contribution is 0.287. The summed E-state index contributed by atoms with van der Waals surface area (Å²) in [6.07, 6.45) is 0.416. The van der Waals surface area contributed by atoms with Gasteiger partial charge >= 0.3 is 0 Å². The van der Waals surface area contributed by atoms with E-state index in [4.69, 9.17) is 22.1 Å². The van der Waals surface area contributed by atoms with Crippen molar-refractivity contribution in [3.63, 3.8) is 0 Å². The molecule has 1 atom stereocenters. The maximum atomic E-state index is 13.7. The van der Waals surface area contributed by atoms with E-state index in [2.05, 4.69) is 15.9 Å². The first-order valence-corrected chi connectivity index (χ1v) is 7.29. The van der Waals surface area contributed by atoms with Crippen LogP contribution in [0.25, 0.3) is 0 Å². The average Bonchev–Trinajstić information content (AvgIpc) is 2.40. The molecular weight excluding hydrogens is 345 g/mol. The maximum Gasteiger partial charge on any atom is 0.127 e. The fraction of sp³-hybridized carbons (Fsp3) is 0.200. The Labute approximate surface area is 130 Å². The fourth-order valence-corrected chi connectivity index (χ4v) is 2.30. The van der Waals surface area contributed by atoms with Gasteiger partial charge in [-0.1, -0.05) is 39.7 Å². The van der Waals surface area contributed by atoms with Crippen molar-refractivity contribution < 1.29 is 9.13 Å². The number of ether oxygens (including phenoxy) is 1. The first-order chi connectivity index (χ1) is 9.54. The third-order valence-corrected chi connectivity index (χ3v) is 3.49. The number of hydrogen-bond donors (Lipinski definition) is 1. The number of rotatable bonds is 5. The predicted octanol–water partition coefficient (Wildman–Crippen LogP) is 4.19. The van der Waals surface area contributed by atoms with Gasteiger partial charge in [-0.25, -0.2) is 4.39 Å². The van der Waals surface area contributed by atoms with Crippen LogP contribution in [0, 0.1) is 5.82 Å². The molecule has 0 bridgehead atoms. The second kappa shape index (κ2) is 7.07. The van der Waals surface area contributed by atoms with Crippen LogP contribution in [0.3, 0.4) is 0 Å². The zero-order valence-corrected chi connectivity index (χ0v) is 13.0. The Morgan fingerprint density at radius 2 is 2.05 bits per heavy atom. The number of hydrogen-bond acceptors (Lipinski definition) is 2. The topological polar surface area (TPSA) is 35.2 Å². The van der Waals surface area contributed by atoms with Gasteiger partial charge in [0.15, 0.2) is 0 Å². The molecule has 2 aromatic carbocycles. The molecule has 0 heterocycles. The molecule has 0 aliphatic heterocycles.